The molecule has 5 heteroatoms. The van der Waals surface area contributed by atoms with Crippen LogP contribution >= 0.6 is 0 Å². The van der Waals surface area contributed by atoms with E-state index in [-0.39, 0.29) is 0 Å². The molecule has 0 fully saturated rings. The van der Waals surface area contributed by atoms with Crippen molar-refractivity contribution in [2.75, 3.05) is 17.4 Å². The monoisotopic (exact) mass is 271 g/mol. The van der Waals surface area contributed by atoms with Crippen molar-refractivity contribution in [3.8, 4) is 0 Å². The van der Waals surface area contributed by atoms with Crippen molar-refractivity contribution < 1.29 is 0 Å². The van der Waals surface area contributed by atoms with E-state index in [1.54, 1.807) is 0 Å². The Kier molecular flexibility index (Phi) is 4.20. The van der Waals surface area contributed by atoms with Gasteiger partial charge in [-0.3, -0.25) is 0 Å². The molecule has 0 unspecified atom stereocenters. The summed E-state index contributed by atoms with van der Waals surface area (Å²) in [6.45, 7) is 6.78. The highest BCUT2D eigenvalue weighted by atomic mass is 15.3. The fourth-order valence-corrected chi connectivity index (χ4v) is 2.31. The van der Waals surface area contributed by atoms with Gasteiger partial charge in [-0.2, -0.15) is 0 Å². The fourth-order valence-electron chi connectivity index (χ4n) is 2.31. The summed E-state index contributed by atoms with van der Waals surface area (Å²) in [7, 11) is 2.04. The Balaban J connectivity index is 2.22. The summed E-state index contributed by atoms with van der Waals surface area (Å²) in [5.74, 6) is 6.81. The number of nitrogens with one attached hydrogen (secondary N) is 1. The van der Waals surface area contributed by atoms with Crippen molar-refractivity contribution in [2.45, 2.75) is 27.3 Å². The molecule has 2 aromatic rings. The van der Waals surface area contributed by atoms with Gasteiger partial charge in [-0.25, -0.2) is 15.8 Å². The van der Waals surface area contributed by atoms with Crippen molar-refractivity contribution in [3.63, 3.8) is 0 Å². The van der Waals surface area contributed by atoms with Gasteiger partial charge < -0.3 is 10.3 Å². The zero-order chi connectivity index (χ0) is 14.7. The number of nitrogens with zero attached hydrogens (tertiary/aromatic N) is 3. The van der Waals surface area contributed by atoms with Crippen LogP contribution in [0.15, 0.2) is 24.3 Å². The highest BCUT2D eigenvalue weighted by Gasteiger charge is 2.08. The lowest BCUT2D eigenvalue weighted by molar-refractivity contribution is 0.826. The molecule has 1 heterocycles. The molecule has 3 N–H and O–H groups in total. The zero-order valence-corrected chi connectivity index (χ0v) is 12.4. The van der Waals surface area contributed by atoms with Crippen LogP contribution in [-0.2, 0) is 6.54 Å². The van der Waals surface area contributed by atoms with Crippen LogP contribution in [0.2, 0.25) is 0 Å². The van der Waals surface area contributed by atoms with Crippen LogP contribution in [0.3, 0.4) is 0 Å². The maximum absolute atomic E-state index is 5.42. The van der Waals surface area contributed by atoms with Crippen molar-refractivity contribution in [1.29, 1.82) is 0 Å². The number of anilines is 2. The van der Waals surface area contributed by atoms with Crippen LogP contribution in [0.4, 0.5) is 11.5 Å². The summed E-state index contributed by atoms with van der Waals surface area (Å²) < 4.78 is 0. The number of nitrogens with two attached hydrogens (primary N) is 1. The summed E-state index contributed by atoms with van der Waals surface area (Å²) in [5.41, 5.74) is 7.17. The minimum absolute atomic E-state index is 0.639. The van der Waals surface area contributed by atoms with E-state index < -0.39 is 0 Å². The smallest absolute Gasteiger partial charge is 0.150 e. The van der Waals surface area contributed by atoms with Gasteiger partial charge in [0.05, 0.1) is 6.54 Å². The normalized spacial score (nSPS) is 10.4. The van der Waals surface area contributed by atoms with Gasteiger partial charge in [0, 0.05) is 24.5 Å². The van der Waals surface area contributed by atoms with Gasteiger partial charge in [0.2, 0.25) is 0 Å². The van der Waals surface area contributed by atoms with Crippen LogP contribution in [0.1, 0.15) is 22.6 Å². The molecular formula is C15H21N5. The molecule has 0 saturated heterocycles. The van der Waals surface area contributed by atoms with Gasteiger partial charge in [0.1, 0.15) is 11.6 Å². The Morgan fingerprint density at radius 2 is 1.90 bits per heavy atom. The molecule has 2 rings (SSSR count). The molecule has 0 bridgehead atoms. The van der Waals surface area contributed by atoms with Crippen LogP contribution in [0, 0.1) is 20.8 Å². The average molecular weight is 271 g/mol. The molecule has 0 atom stereocenters. The number of aromatic nitrogens is 2. The lowest BCUT2D eigenvalue weighted by atomic mass is 10.1. The van der Waals surface area contributed by atoms with E-state index >= 15 is 0 Å². The van der Waals surface area contributed by atoms with E-state index in [1.165, 1.54) is 16.8 Å². The van der Waals surface area contributed by atoms with E-state index in [2.05, 4.69) is 52.3 Å². The second-order valence-corrected chi connectivity index (χ2v) is 5.10. The average Bonchev–Trinajstić information content (AvgIpc) is 2.37. The number of hydrogen-bond donors (Lipinski definition) is 2. The number of hydrogen-bond acceptors (Lipinski definition) is 5. The SMILES string of the molecule is Cc1ccc(N(C)Cc2nc(C)cc(NN)n2)c(C)c1. The van der Waals surface area contributed by atoms with Gasteiger partial charge >= 0.3 is 0 Å². The maximum Gasteiger partial charge on any atom is 0.150 e. The predicted octanol–water partition coefficient (Wildman–Crippen LogP) is 2.32. The molecule has 0 spiro atoms. The Morgan fingerprint density at radius 3 is 2.55 bits per heavy atom. The van der Waals surface area contributed by atoms with Crippen LogP contribution in [0.25, 0.3) is 0 Å². The lowest BCUT2D eigenvalue weighted by Crippen LogP contribution is -2.20. The van der Waals surface area contributed by atoms with Gasteiger partial charge in [-0.05, 0) is 32.4 Å². The first-order valence-electron chi connectivity index (χ1n) is 6.59. The standard InChI is InChI=1S/C15H21N5/c1-10-5-6-13(11(2)7-10)20(4)9-15-17-12(3)8-14(18-15)19-16/h5-8H,9,16H2,1-4H3,(H,17,18,19). The minimum Gasteiger partial charge on any atom is -0.367 e. The van der Waals surface area contributed by atoms with Gasteiger partial charge in [0.15, 0.2) is 0 Å². The van der Waals surface area contributed by atoms with Gasteiger partial charge in [-0.1, -0.05) is 17.7 Å². The second-order valence-electron chi connectivity index (χ2n) is 5.10. The minimum atomic E-state index is 0.639. The van der Waals surface area contributed by atoms with Crippen molar-refractivity contribution in [1.82, 2.24) is 9.97 Å². The molecule has 1 aromatic carbocycles. The van der Waals surface area contributed by atoms with Crippen molar-refractivity contribution in [3.05, 3.63) is 46.9 Å². The van der Waals surface area contributed by atoms with Crippen LogP contribution < -0.4 is 16.2 Å². The van der Waals surface area contributed by atoms with Crippen LogP contribution in [0.5, 0.6) is 0 Å². The zero-order valence-electron chi connectivity index (χ0n) is 12.4. The van der Waals surface area contributed by atoms with Gasteiger partial charge in [-0.15, -0.1) is 0 Å². The Labute approximate surface area is 119 Å². The molecule has 0 amide bonds. The molecule has 0 saturated carbocycles. The summed E-state index contributed by atoms with van der Waals surface area (Å²) in [6, 6.07) is 8.24. The molecule has 106 valence electrons. The third-order valence-corrected chi connectivity index (χ3v) is 3.19. The second kappa shape index (κ2) is 5.88. The Morgan fingerprint density at radius 1 is 1.15 bits per heavy atom. The third kappa shape index (κ3) is 3.24. The molecule has 0 aliphatic heterocycles. The Bertz CT molecular complexity index is 609. The maximum atomic E-state index is 5.42. The van der Waals surface area contributed by atoms with E-state index in [4.69, 9.17) is 5.84 Å². The van der Waals surface area contributed by atoms with E-state index in [9.17, 15) is 0 Å². The fraction of sp³-hybridized carbons (Fsp3) is 0.333. The third-order valence-electron chi connectivity index (χ3n) is 3.19. The topological polar surface area (TPSA) is 67.1 Å². The van der Waals surface area contributed by atoms with Gasteiger partial charge in [0.25, 0.3) is 0 Å². The molecule has 1 aromatic heterocycles. The molecule has 0 aliphatic carbocycles. The molecule has 5 nitrogen and oxygen atoms in total. The Hall–Kier alpha value is -2.14. The van der Waals surface area contributed by atoms with E-state index in [0.717, 1.165) is 11.5 Å². The van der Waals surface area contributed by atoms with Crippen molar-refractivity contribution >= 4 is 11.5 Å². The van der Waals surface area contributed by atoms with E-state index in [0.29, 0.717) is 12.4 Å². The first-order valence-corrected chi connectivity index (χ1v) is 6.59. The van der Waals surface area contributed by atoms with Crippen LogP contribution in [-0.4, -0.2) is 17.0 Å². The predicted molar refractivity (Wildman–Crippen MR) is 82.6 cm³/mol. The molecule has 0 radical (unpaired) electrons. The largest absolute Gasteiger partial charge is 0.367 e. The molecule has 0 aliphatic rings. The van der Waals surface area contributed by atoms with E-state index in [1.807, 2.05) is 20.0 Å². The lowest BCUT2D eigenvalue weighted by Gasteiger charge is -2.21. The summed E-state index contributed by atoms with van der Waals surface area (Å²) in [5, 5.41) is 0. The van der Waals surface area contributed by atoms with Crippen molar-refractivity contribution in [2.24, 2.45) is 5.84 Å². The number of rotatable bonds is 4. The first-order chi connectivity index (χ1) is 9.49. The summed E-state index contributed by atoms with van der Waals surface area (Å²) in [4.78, 5) is 11.0. The number of nitrogen functional groups attached to an aromatic ring is 1. The number of hydrazine groups is 1. The molecular weight excluding hydrogens is 250 g/mol. The summed E-state index contributed by atoms with van der Waals surface area (Å²) in [6.07, 6.45) is 0. The number of aryl methyl sites for hydroxylation is 3. The summed E-state index contributed by atoms with van der Waals surface area (Å²) >= 11 is 0. The highest BCUT2D eigenvalue weighted by molar-refractivity contribution is 5.53. The quantitative estimate of drug-likeness (QED) is 0.660. The highest BCUT2D eigenvalue weighted by Crippen LogP contribution is 2.21. The number of benzene rings is 1. The first kappa shape index (κ1) is 14.3. The molecule has 20 heavy (non-hydrogen) atoms.